The summed E-state index contributed by atoms with van der Waals surface area (Å²) in [5.74, 6) is -0.282. The van der Waals surface area contributed by atoms with E-state index in [1.165, 1.54) is 30.3 Å². The fraction of sp³-hybridized carbons (Fsp3) is 0.167. The number of carbonyl (C=O) groups is 1. The lowest BCUT2D eigenvalue weighted by molar-refractivity contribution is 0.102. The second-order valence-electron chi connectivity index (χ2n) is 5.39. The second kappa shape index (κ2) is 7.42. The summed E-state index contributed by atoms with van der Waals surface area (Å²) in [5.41, 5.74) is 3.10. The predicted molar refractivity (Wildman–Crippen MR) is 95.7 cm³/mol. The maximum absolute atomic E-state index is 12.4. The Hall–Kier alpha value is -2.44. The van der Waals surface area contributed by atoms with Gasteiger partial charge in [0.25, 0.3) is 5.91 Å². The smallest absolute Gasteiger partial charge is 0.255 e. The quantitative estimate of drug-likeness (QED) is 0.791. The van der Waals surface area contributed by atoms with Crippen LogP contribution in [-0.2, 0) is 10.0 Å². The van der Waals surface area contributed by atoms with Crippen LogP contribution in [0.5, 0.6) is 0 Å². The lowest BCUT2D eigenvalue weighted by Crippen LogP contribution is -2.23. The minimum absolute atomic E-state index is 0.105. The standard InChI is InChI=1S/C18H20N2O3S/c1-4-12-19-24(22,23)16-10-8-15(9-11-16)18(21)20-17-13(2)6-5-7-14(17)3/h4-11,19H,1,12H2,2-3H3,(H,20,21). The number of rotatable bonds is 6. The van der Waals surface area contributed by atoms with Gasteiger partial charge in [-0.2, -0.15) is 0 Å². The Kier molecular flexibility index (Phi) is 5.54. The number of nitrogens with one attached hydrogen (secondary N) is 2. The van der Waals surface area contributed by atoms with Crippen LogP contribution in [0.25, 0.3) is 0 Å². The summed E-state index contributed by atoms with van der Waals surface area (Å²) in [5, 5.41) is 2.87. The van der Waals surface area contributed by atoms with Gasteiger partial charge in [0.1, 0.15) is 0 Å². The van der Waals surface area contributed by atoms with Gasteiger partial charge < -0.3 is 5.32 Å². The van der Waals surface area contributed by atoms with E-state index in [0.29, 0.717) is 5.56 Å². The van der Waals surface area contributed by atoms with E-state index in [4.69, 9.17) is 0 Å². The average Bonchev–Trinajstić information content (AvgIpc) is 2.56. The predicted octanol–water partition coefficient (Wildman–Crippen LogP) is 3.02. The van der Waals surface area contributed by atoms with Gasteiger partial charge in [0, 0.05) is 17.8 Å². The van der Waals surface area contributed by atoms with Crippen LogP contribution in [0.2, 0.25) is 0 Å². The van der Waals surface area contributed by atoms with Gasteiger partial charge in [-0.25, -0.2) is 13.1 Å². The zero-order valence-electron chi connectivity index (χ0n) is 13.7. The molecular weight excluding hydrogens is 324 g/mol. The normalized spacial score (nSPS) is 11.1. The number of sulfonamides is 1. The van der Waals surface area contributed by atoms with Crippen molar-refractivity contribution in [3.05, 3.63) is 71.8 Å². The molecule has 5 nitrogen and oxygen atoms in total. The summed E-state index contributed by atoms with van der Waals surface area (Å²) in [7, 11) is -3.59. The van der Waals surface area contributed by atoms with Crippen molar-refractivity contribution in [2.24, 2.45) is 0 Å². The molecule has 2 rings (SSSR count). The maximum atomic E-state index is 12.4. The molecule has 0 aliphatic rings. The number of amides is 1. The van der Waals surface area contributed by atoms with Crippen LogP contribution in [0.3, 0.4) is 0 Å². The molecule has 0 bridgehead atoms. The molecule has 6 heteroatoms. The topological polar surface area (TPSA) is 75.3 Å². The summed E-state index contributed by atoms with van der Waals surface area (Å²) in [4.78, 5) is 12.5. The highest BCUT2D eigenvalue weighted by Crippen LogP contribution is 2.20. The molecule has 0 atom stereocenters. The van der Waals surface area contributed by atoms with Crippen molar-refractivity contribution >= 4 is 21.6 Å². The third-order valence-electron chi connectivity index (χ3n) is 3.56. The molecule has 0 heterocycles. The Bertz CT molecular complexity index is 836. The molecule has 1 amide bonds. The second-order valence-corrected chi connectivity index (χ2v) is 7.15. The van der Waals surface area contributed by atoms with Gasteiger partial charge in [-0.15, -0.1) is 6.58 Å². The number of para-hydroxylation sites is 1. The third-order valence-corrected chi connectivity index (χ3v) is 5.00. The van der Waals surface area contributed by atoms with Crippen molar-refractivity contribution in [1.82, 2.24) is 4.72 Å². The summed E-state index contributed by atoms with van der Waals surface area (Å²) in [6.45, 7) is 7.46. The van der Waals surface area contributed by atoms with E-state index in [1.54, 1.807) is 0 Å². The fourth-order valence-corrected chi connectivity index (χ4v) is 3.23. The van der Waals surface area contributed by atoms with Gasteiger partial charge >= 0.3 is 0 Å². The molecule has 0 saturated carbocycles. The van der Waals surface area contributed by atoms with Crippen LogP contribution in [0.4, 0.5) is 5.69 Å². The fourth-order valence-electron chi connectivity index (χ4n) is 2.23. The van der Waals surface area contributed by atoms with Crippen LogP contribution in [0.15, 0.2) is 60.0 Å². The zero-order valence-corrected chi connectivity index (χ0v) is 14.5. The first kappa shape index (κ1) is 17.9. The van der Waals surface area contributed by atoms with Crippen molar-refractivity contribution in [3.8, 4) is 0 Å². The molecule has 0 aliphatic heterocycles. The SMILES string of the molecule is C=CCNS(=O)(=O)c1ccc(C(=O)Nc2c(C)cccc2C)cc1. The Morgan fingerprint density at radius 1 is 1.08 bits per heavy atom. The summed E-state index contributed by atoms with van der Waals surface area (Å²) in [6, 6.07) is 11.6. The van der Waals surface area contributed by atoms with Crippen molar-refractivity contribution < 1.29 is 13.2 Å². The first-order valence-electron chi connectivity index (χ1n) is 7.43. The van der Waals surface area contributed by atoms with E-state index in [9.17, 15) is 13.2 Å². The van der Waals surface area contributed by atoms with Gasteiger partial charge in [-0.05, 0) is 49.2 Å². The van der Waals surface area contributed by atoms with Crippen LogP contribution < -0.4 is 10.0 Å². The zero-order chi connectivity index (χ0) is 17.7. The van der Waals surface area contributed by atoms with Crippen LogP contribution in [-0.4, -0.2) is 20.9 Å². The highest BCUT2D eigenvalue weighted by atomic mass is 32.2. The number of benzene rings is 2. The number of hydrogen-bond donors (Lipinski definition) is 2. The molecule has 0 spiro atoms. The first-order chi connectivity index (χ1) is 11.3. The molecular formula is C18H20N2O3S. The minimum atomic E-state index is -3.59. The van der Waals surface area contributed by atoms with E-state index in [2.05, 4.69) is 16.6 Å². The molecule has 2 aromatic carbocycles. The van der Waals surface area contributed by atoms with Gasteiger partial charge in [0.2, 0.25) is 10.0 Å². The lowest BCUT2D eigenvalue weighted by Gasteiger charge is -2.12. The molecule has 2 aromatic rings. The summed E-state index contributed by atoms with van der Waals surface area (Å²) in [6.07, 6.45) is 1.46. The number of anilines is 1. The Labute approximate surface area is 142 Å². The van der Waals surface area contributed by atoms with E-state index in [-0.39, 0.29) is 17.3 Å². The van der Waals surface area contributed by atoms with Gasteiger partial charge in [0.15, 0.2) is 0 Å². The molecule has 0 aliphatic carbocycles. The van der Waals surface area contributed by atoms with Crippen molar-refractivity contribution in [1.29, 1.82) is 0 Å². The number of carbonyl (C=O) groups excluding carboxylic acids is 1. The van der Waals surface area contributed by atoms with Crippen molar-refractivity contribution in [2.45, 2.75) is 18.7 Å². The van der Waals surface area contributed by atoms with E-state index in [0.717, 1.165) is 16.8 Å². The molecule has 24 heavy (non-hydrogen) atoms. The van der Waals surface area contributed by atoms with E-state index >= 15 is 0 Å². The maximum Gasteiger partial charge on any atom is 0.255 e. The Morgan fingerprint density at radius 2 is 1.67 bits per heavy atom. The van der Waals surface area contributed by atoms with Gasteiger partial charge in [-0.1, -0.05) is 24.3 Å². The van der Waals surface area contributed by atoms with Crippen molar-refractivity contribution in [2.75, 3.05) is 11.9 Å². The molecule has 0 aromatic heterocycles. The Morgan fingerprint density at radius 3 is 2.21 bits per heavy atom. The van der Waals surface area contributed by atoms with Crippen LogP contribution >= 0.6 is 0 Å². The minimum Gasteiger partial charge on any atom is -0.322 e. The summed E-state index contributed by atoms with van der Waals surface area (Å²) >= 11 is 0. The van der Waals surface area contributed by atoms with E-state index in [1.807, 2.05) is 32.0 Å². The van der Waals surface area contributed by atoms with E-state index < -0.39 is 10.0 Å². The lowest BCUT2D eigenvalue weighted by atomic mass is 10.1. The highest BCUT2D eigenvalue weighted by molar-refractivity contribution is 7.89. The molecule has 0 unspecified atom stereocenters. The number of aryl methyl sites for hydroxylation is 2. The number of hydrogen-bond acceptors (Lipinski definition) is 3. The first-order valence-corrected chi connectivity index (χ1v) is 8.91. The molecule has 2 N–H and O–H groups in total. The summed E-state index contributed by atoms with van der Waals surface area (Å²) < 4.78 is 26.4. The van der Waals surface area contributed by atoms with Crippen LogP contribution in [0.1, 0.15) is 21.5 Å². The third kappa shape index (κ3) is 4.10. The molecule has 0 radical (unpaired) electrons. The average molecular weight is 344 g/mol. The largest absolute Gasteiger partial charge is 0.322 e. The molecule has 0 saturated heterocycles. The van der Waals surface area contributed by atoms with Crippen molar-refractivity contribution in [3.63, 3.8) is 0 Å². The highest BCUT2D eigenvalue weighted by Gasteiger charge is 2.14. The van der Waals surface area contributed by atoms with Crippen LogP contribution in [0, 0.1) is 13.8 Å². The van der Waals surface area contributed by atoms with Gasteiger partial charge in [-0.3, -0.25) is 4.79 Å². The molecule has 0 fully saturated rings. The Balaban J connectivity index is 2.19. The molecule has 126 valence electrons. The monoisotopic (exact) mass is 344 g/mol. The van der Waals surface area contributed by atoms with Gasteiger partial charge in [0.05, 0.1) is 4.90 Å².